The Morgan fingerprint density at radius 2 is 2.12 bits per heavy atom. The van der Waals surface area contributed by atoms with Crippen molar-refractivity contribution in [2.24, 2.45) is 0 Å². The summed E-state index contributed by atoms with van der Waals surface area (Å²) < 4.78 is 24.2. The Morgan fingerprint density at radius 1 is 1.44 bits per heavy atom. The van der Waals surface area contributed by atoms with E-state index in [1.54, 1.807) is 16.8 Å². The number of rotatable bonds is 6. The van der Waals surface area contributed by atoms with Crippen molar-refractivity contribution < 1.29 is 23.9 Å². The van der Waals surface area contributed by atoms with Gasteiger partial charge in [-0.15, -0.1) is 5.10 Å². The maximum absolute atomic E-state index is 11.9. The number of hydrogen-bond acceptors (Lipinski definition) is 5. The molecule has 9 heteroatoms. The van der Waals surface area contributed by atoms with Gasteiger partial charge in [-0.05, 0) is 18.1 Å². The topological polar surface area (TPSA) is 96.6 Å². The van der Waals surface area contributed by atoms with Gasteiger partial charge in [-0.2, -0.15) is 0 Å². The number of benzene rings is 1. The van der Waals surface area contributed by atoms with Crippen molar-refractivity contribution in [2.75, 3.05) is 13.0 Å². The SMILES string of the molecule is CCCn1nc([S+](C)[O-])c(C(=O)O)c1Cc1cc2c(cc1Cl)OCO2. The van der Waals surface area contributed by atoms with E-state index in [4.69, 9.17) is 21.1 Å². The molecule has 2 aromatic rings. The van der Waals surface area contributed by atoms with Crippen molar-refractivity contribution in [1.29, 1.82) is 0 Å². The quantitative estimate of drug-likeness (QED) is 0.769. The number of fused-ring (bicyclic) bond motifs is 1. The molecule has 25 heavy (non-hydrogen) atoms. The molecular weight excluding hydrogens is 368 g/mol. The van der Waals surface area contributed by atoms with E-state index in [0.29, 0.717) is 34.3 Å². The number of hydrogen-bond donors (Lipinski definition) is 1. The number of ether oxygens (including phenoxy) is 2. The Morgan fingerprint density at radius 3 is 2.72 bits per heavy atom. The second-order valence-electron chi connectivity index (χ2n) is 5.58. The minimum absolute atomic E-state index is 0.0250. The number of aromatic nitrogens is 2. The lowest BCUT2D eigenvalue weighted by Crippen LogP contribution is -2.10. The van der Waals surface area contributed by atoms with Crippen LogP contribution in [0.5, 0.6) is 11.5 Å². The summed E-state index contributed by atoms with van der Waals surface area (Å²) >= 11 is 4.81. The smallest absolute Gasteiger partial charge is 0.344 e. The number of carboxylic acids is 1. The van der Waals surface area contributed by atoms with Crippen LogP contribution in [-0.4, -0.2) is 38.5 Å². The molecule has 0 saturated heterocycles. The monoisotopic (exact) mass is 384 g/mol. The van der Waals surface area contributed by atoms with Crippen molar-refractivity contribution in [2.45, 2.75) is 31.3 Å². The molecular formula is C16H17ClN2O5S. The van der Waals surface area contributed by atoms with E-state index >= 15 is 0 Å². The lowest BCUT2D eigenvalue weighted by Gasteiger charge is -2.09. The van der Waals surface area contributed by atoms with Crippen molar-refractivity contribution in [1.82, 2.24) is 9.78 Å². The molecule has 0 saturated carbocycles. The predicted octanol–water partition coefficient (Wildman–Crippen LogP) is 2.70. The van der Waals surface area contributed by atoms with Crippen molar-refractivity contribution in [3.05, 3.63) is 34.0 Å². The zero-order valence-corrected chi connectivity index (χ0v) is 15.3. The third-order valence-corrected chi connectivity index (χ3v) is 5.03. The fourth-order valence-corrected chi connectivity index (χ4v) is 3.67. The Bertz CT molecular complexity index is 821. The molecule has 3 rings (SSSR count). The first-order valence-corrected chi connectivity index (χ1v) is 9.60. The van der Waals surface area contributed by atoms with E-state index in [0.717, 1.165) is 6.42 Å². The van der Waals surface area contributed by atoms with Gasteiger partial charge in [-0.3, -0.25) is 4.68 Å². The number of carboxylic acid groups (broad SMARTS) is 1. The molecule has 7 nitrogen and oxygen atoms in total. The Balaban J connectivity index is 2.08. The van der Waals surface area contributed by atoms with Crippen LogP contribution in [0.1, 0.15) is 35.0 Å². The summed E-state index contributed by atoms with van der Waals surface area (Å²) in [7, 11) is 0. The van der Waals surface area contributed by atoms with Gasteiger partial charge < -0.3 is 19.1 Å². The zero-order valence-electron chi connectivity index (χ0n) is 13.7. The fraction of sp³-hybridized carbons (Fsp3) is 0.375. The van der Waals surface area contributed by atoms with E-state index in [1.807, 2.05) is 6.92 Å². The summed E-state index contributed by atoms with van der Waals surface area (Å²) in [6, 6.07) is 3.39. The molecule has 1 aromatic heterocycles. The number of halogens is 1. The molecule has 0 amide bonds. The van der Waals surface area contributed by atoms with Gasteiger partial charge in [0.15, 0.2) is 17.1 Å². The average Bonchev–Trinajstić information content (AvgIpc) is 3.13. The molecule has 0 aliphatic carbocycles. The van der Waals surface area contributed by atoms with Crippen molar-refractivity contribution in [3.8, 4) is 11.5 Å². The highest BCUT2D eigenvalue weighted by atomic mass is 35.5. The summed E-state index contributed by atoms with van der Waals surface area (Å²) in [6.45, 7) is 2.61. The maximum atomic E-state index is 11.9. The first-order chi connectivity index (χ1) is 11.9. The molecule has 1 aliphatic heterocycles. The van der Waals surface area contributed by atoms with Gasteiger partial charge in [0.2, 0.25) is 6.79 Å². The van der Waals surface area contributed by atoms with Gasteiger partial charge in [0.05, 0.1) is 5.69 Å². The molecule has 1 aromatic carbocycles. The lowest BCUT2D eigenvalue weighted by molar-refractivity contribution is 0.0691. The highest BCUT2D eigenvalue weighted by Gasteiger charge is 2.30. The molecule has 1 N–H and O–H groups in total. The third kappa shape index (κ3) is 3.42. The molecule has 134 valence electrons. The van der Waals surface area contributed by atoms with Crippen LogP contribution >= 0.6 is 11.6 Å². The number of aromatic carboxylic acids is 1. The van der Waals surface area contributed by atoms with Gasteiger partial charge in [0.25, 0.3) is 5.03 Å². The second-order valence-corrected chi connectivity index (χ2v) is 7.29. The first-order valence-electron chi connectivity index (χ1n) is 7.66. The minimum Gasteiger partial charge on any atom is -0.610 e. The normalized spacial score (nSPS) is 13.9. The van der Waals surface area contributed by atoms with Crippen LogP contribution in [0.15, 0.2) is 17.2 Å². The first kappa shape index (κ1) is 17.9. The van der Waals surface area contributed by atoms with Gasteiger partial charge in [0.1, 0.15) is 6.26 Å². The maximum Gasteiger partial charge on any atom is 0.344 e. The summed E-state index contributed by atoms with van der Waals surface area (Å²) in [6.07, 6.45) is 2.42. The molecule has 0 bridgehead atoms. The number of aryl methyl sites for hydroxylation is 1. The van der Waals surface area contributed by atoms with Gasteiger partial charge in [-0.1, -0.05) is 18.5 Å². The van der Waals surface area contributed by atoms with E-state index in [-0.39, 0.29) is 23.8 Å². The van der Waals surface area contributed by atoms with Crippen molar-refractivity contribution in [3.63, 3.8) is 0 Å². The largest absolute Gasteiger partial charge is 0.610 e. The standard InChI is InChI=1S/C16H17ClN2O5S/c1-3-4-19-11(14(16(20)21)15(18-19)25(2)22)5-9-6-12-13(7-10(9)17)24-8-23-12/h6-7H,3-5,8H2,1-2H3,(H,20,21). The zero-order chi connectivity index (χ0) is 18.1. The highest BCUT2D eigenvalue weighted by molar-refractivity contribution is 7.90. The molecule has 1 unspecified atom stereocenters. The second kappa shape index (κ2) is 7.15. The lowest BCUT2D eigenvalue weighted by atomic mass is 10.1. The molecule has 0 fully saturated rings. The molecule has 0 spiro atoms. The minimum atomic E-state index is -1.51. The van der Waals surface area contributed by atoms with Crippen LogP contribution in [0.2, 0.25) is 5.02 Å². The number of nitrogens with zero attached hydrogens (tertiary/aromatic N) is 2. The van der Waals surface area contributed by atoms with E-state index in [9.17, 15) is 14.5 Å². The van der Waals surface area contributed by atoms with Crippen molar-refractivity contribution >= 4 is 28.7 Å². The van der Waals surface area contributed by atoms with Gasteiger partial charge in [-0.25, -0.2) is 4.79 Å². The van der Waals surface area contributed by atoms with Crippen LogP contribution in [0.4, 0.5) is 0 Å². The average molecular weight is 385 g/mol. The third-order valence-electron chi connectivity index (χ3n) is 3.85. The van der Waals surface area contributed by atoms with Gasteiger partial charge >= 0.3 is 5.97 Å². The highest BCUT2D eigenvalue weighted by Crippen LogP contribution is 2.38. The van der Waals surface area contributed by atoms with E-state index in [1.165, 1.54) is 6.26 Å². The Kier molecular flexibility index (Phi) is 5.12. The molecule has 2 heterocycles. The van der Waals surface area contributed by atoms with Crippen LogP contribution < -0.4 is 9.47 Å². The summed E-state index contributed by atoms with van der Waals surface area (Å²) in [5.41, 5.74) is 1.14. The van der Waals surface area contributed by atoms with Crippen LogP contribution in [0.3, 0.4) is 0 Å². The summed E-state index contributed by atoms with van der Waals surface area (Å²) in [5, 5.41) is 14.4. The molecule has 1 aliphatic rings. The Hall–Kier alpha value is -1.90. The van der Waals surface area contributed by atoms with Crippen LogP contribution in [0, 0.1) is 0 Å². The van der Waals surface area contributed by atoms with E-state index < -0.39 is 17.1 Å². The number of carbonyl (C=O) groups is 1. The predicted molar refractivity (Wildman–Crippen MR) is 92.2 cm³/mol. The van der Waals surface area contributed by atoms with E-state index in [2.05, 4.69) is 5.10 Å². The molecule has 1 atom stereocenters. The van der Waals surface area contributed by atoms with Crippen LogP contribution in [0.25, 0.3) is 0 Å². The fourth-order valence-electron chi connectivity index (χ4n) is 2.74. The molecule has 0 radical (unpaired) electrons. The summed E-state index contributed by atoms with van der Waals surface area (Å²) in [5.74, 6) is -0.0267. The Labute approximate surface area is 152 Å². The van der Waals surface area contributed by atoms with Gasteiger partial charge in [0, 0.05) is 35.2 Å². The summed E-state index contributed by atoms with van der Waals surface area (Å²) in [4.78, 5) is 11.8. The van der Waals surface area contributed by atoms with Crippen LogP contribution in [-0.2, 0) is 24.1 Å².